The van der Waals surface area contributed by atoms with Crippen LogP contribution in [0.2, 0.25) is 5.02 Å². The first-order chi connectivity index (χ1) is 14.0. The summed E-state index contributed by atoms with van der Waals surface area (Å²) in [6, 6.07) is 16.7. The maximum absolute atomic E-state index is 12.8. The number of hydrogen-bond donors (Lipinski definition) is 1. The lowest BCUT2D eigenvalue weighted by atomic mass is 10.1. The number of tetrazole rings is 1. The Labute approximate surface area is 169 Å². The van der Waals surface area contributed by atoms with Gasteiger partial charge in [0.2, 0.25) is 0 Å². The number of furan rings is 1. The summed E-state index contributed by atoms with van der Waals surface area (Å²) >= 11 is 5.85. The van der Waals surface area contributed by atoms with E-state index in [1.165, 1.54) is 17.1 Å². The van der Waals surface area contributed by atoms with E-state index in [9.17, 15) is 8.42 Å². The molecule has 2 heterocycles. The van der Waals surface area contributed by atoms with E-state index in [1.807, 2.05) is 12.1 Å². The number of nitrogens with zero attached hydrogens (tertiary/aromatic N) is 4. The second-order valence-electron chi connectivity index (χ2n) is 6.31. The van der Waals surface area contributed by atoms with Gasteiger partial charge in [-0.05, 0) is 65.0 Å². The molecule has 3 aromatic carbocycles. The number of aromatic nitrogens is 4. The van der Waals surface area contributed by atoms with E-state index in [1.54, 1.807) is 42.5 Å². The van der Waals surface area contributed by atoms with Crippen LogP contribution in [-0.2, 0) is 10.0 Å². The molecule has 5 rings (SSSR count). The molecule has 0 amide bonds. The van der Waals surface area contributed by atoms with Gasteiger partial charge in [0.05, 0.1) is 10.6 Å². The number of hydrogen-bond acceptors (Lipinski definition) is 6. The summed E-state index contributed by atoms with van der Waals surface area (Å²) in [6.07, 6.45) is 1.48. The fourth-order valence-corrected chi connectivity index (χ4v) is 4.28. The molecule has 5 aromatic rings. The monoisotopic (exact) mass is 425 g/mol. The molecule has 0 fully saturated rings. The van der Waals surface area contributed by atoms with Crippen LogP contribution in [0.3, 0.4) is 0 Å². The van der Waals surface area contributed by atoms with Gasteiger partial charge in [0, 0.05) is 27.5 Å². The molecule has 2 aromatic heterocycles. The Morgan fingerprint density at radius 1 is 0.931 bits per heavy atom. The van der Waals surface area contributed by atoms with Crippen LogP contribution in [0.5, 0.6) is 0 Å². The summed E-state index contributed by atoms with van der Waals surface area (Å²) in [7, 11) is -3.77. The summed E-state index contributed by atoms with van der Waals surface area (Å²) in [5.74, 6) is 0. The second kappa shape index (κ2) is 6.57. The number of benzene rings is 3. The Bertz CT molecular complexity index is 1450. The molecular formula is C19H12ClN5O3S. The number of nitrogens with one attached hydrogen (secondary N) is 1. The highest BCUT2D eigenvalue weighted by molar-refractivity contribution is 7.92. The van der Waals surface area contributed by atoms with Crippen molar-refractivity contribution < 1.29 is 12.8 Å². The number of rotatable bonds is 4. The highest BCUT2D eigenvalue weighted by Gasteiger charge is 2.17. The zero-order valence-corrected chi connectivity index (χ0v) is 16.2. The van der Waals surface area contributed by atoms with Crippen molar-refractivity contribution in [3.8, 4) is 5.69 Å². The normalized spacial score (nSPS) is 11.9. The van der Waals surface area contributed by atoms with Gasteiger partial charge in [-0.25, -0.2) is 13.1 Å². The van der Waals surface area contributed by atoms with Crippen molar-refractivity contribution in [3.63, 3.8) is 0 Å². The molecule has 0 bridgehead atoms. The summed E-state index contributed by atoms with van der Waals surface area (Å²) in [6.45, 7) is 0. The van der Waals surface area contributed by atoms with Crippen LogP contribution in [-0.4, -0.2) is 28.6 Å². The number of anilines is 1. The van der Waals surface area contributed by atoms with Crippen molar-refractivity contribution in [2.75, 3.05) is 4.72 Å². The van der Waals surface area contributed by atoms with Crippen LogP contribution in [0, 0.1) is 0 Å². The average Bonchev–Trinajstić information content (AvgIpc) is 3.36. The van der Waals surface area contributed by atoms with Crippen LogP contribution >= 0.6 is 11.6 Å². The predicted octanol–water partition coefficient (Wildman–Crippen LogP) is 4.02. The van der Waals surface area contributed by atoms with Crippen LogP contribution in [0.4, 0.5) is 5.69 Å². The zero-order valence-electron chi connectivity index (χ0n) is 14.7. The van der Waals surface area contributed by atoms with Gasteiger partial charge in [0.1, 0.15) is 17.5 Å². The van der Waals surface area contributed by atoms with E-state index in [0.717, 1.165) is 11.1 Å². The molecule has 0 radical (unpaired) electrons. The third-order valence-electron chi connectivity index (χ3n) is 4.45. The Balaban J connectivity index is 1.57. The molecule has 0 atom stereocenters. The topological polar surface area (TPSA) is 103 Å². The SMILES string of the molecule is O=S(=O)(Nc1ccc(Cl)cc1)c1ccc2oc3cc(-n4cnnn4)ccc3c2c1. The Hall–Kier alpha value is -3.43. The van der Waals surface area contributed by atoms with Crippen LogP contribution in [0.25, 0.3) is 27.6 Å². The van der Waals surface area contributed by atoms with Gasteiger partial charge < -0.3 is 4.42 Å². The van der Waals surface area contributed by atoms with Crippen molar-refractivity contribution in [1.82, 2.24) is 20.2 Å². The van der Waals surface area contributed by atoms with Crippen LogP contribution in [0.15, 0.2) is 76.3 Å². The quantitative estimate of drug-likeness (QED) is 0.466. The molecule has 1 N–H and O–H groups in total. The fourth-order valence-electron chi connectivity index (χ4n) is 3.07. The fraction of sp³-hybridized carbons (Fsp3) is 0. The highest BCUT2D eigenvalue weighted by Crippen LogP contribution is 2.32. The van der Waals surface area contributed by atoms with Crippen molar-refractivity contribution in [2.45, 2.75) is 4.90 Å². The first kappa shape index (κ1) is 17.7. The Morgan fingerprint density at radius 3 is 2.52 bits per heavy atom. The maximum atomic E-state index is 12.8. The van der Waals surface area contributed by atoms with Crippen molar-refractivity contribution in [2.24, 2.45) is 0 Å². The van der Waals surface area contributed by atoms with Gasteiger partial charge in [0.15, 0.2) is 0 Å². The van der Waals surface area contributed by atoms with E-state index in [4.69, 9.17) is 16.0 Å². The summed E-state index contributed by atoms with van der Waals surface area (Å²) in [5, 5.41) is 13.1. The average molecular weight is 426 g/mol. The molecule has 0 unspecified atom stereocenters. The summed E-state index contributed by atoms with van der Waals surface area (Å²) in [4.78, 5) is 0.132. The third-order valence-corrected chi connectivity index (χ3v) is 6.08. The van der Waals surface area contributed by atoms with E-state index in [2.05, 4.69) is 20.2 Å². The minimum Gasteiger partial charge on any atom is -0.456 e. The smallest absolute Gasteiger partial charge is 0.261 e. The van der Waals surface area contributed by atoms with Gasteiger partial charge in [0.25, 0.3) is 10.0 Å². The van der Waals surface area contributed by atoms with E-state index in [0.29, 0.717) is 27.3 Å². The summed E-state index contributed by atoms with van der Waals surface area (Å²) in [5.41, 5.74) is 2.35. The van der Waals surface area contributed by atoms with Gasteiger partial charge in [-0.15, -0.1) is 5.10 Å². The van der Waals surface area contributed by atoms with Crippen LogP contribution in [0.1, 0.15) is 0 Å². The van der Waals surface area contributed by atoms with Crippen molar-refractivity contribution >= 4 is 49.3 Å². The molecule has 29 heavy (non-hydrogen) atoms. The minimum atomic E-state index is -3.77. The van der Waals surface area contributed by atoms with Crippen LogP contribution < -0.4 is 4.72 Å². The molecule has 0 aliphatic heterocycles. The molecule has 10 heteroatoms. The lowest BCUT2D eigenvalue weighted by Crippen LogP contribution is -2.12. The van der Waals surface area contributed by atoms with Gasteiger partial charge in [-0.3, -0.25) is 4.72 Å². The second-order valence-corrected chi connectivity index (χ2v) is 8.43. The molecular weight excluding hydrogens is 414 g/mol. The van der Waals surface area contributed by atoms with E-state index < -0.39 is 10.0 Å². The molecule has 0 aliphatic carbocycles. The lowest BCUT2D eigenvalue weighted by molar-refractivity contribution is 0.601. The molecule has 8 nitrogen and oxygen atoms in total. The van der Waals surface area contributed by atoms with Gasteiger partial charge in [-0.1, -0.05) is 11.6 Å². The maximum Gasteiger partial charge on any atom is 0.261 e. The Kier molecular flexibility index (Phi) is 4.00. The van der Waals surface area contributed by atoms with Gasteiger partial charge in [-0.2, -0.15) is 0 Å². The number of fused-ring (bicyclic) bond motifs is 3. The molecule has 144 valence electrons. The van der Waals surface area contributed by atoms with E-state index >= 15 is 0 Å². The standard InChI is InChI=1S/C19H12ClN5O3S/c20-12-1-3-13(4-2-12)22-29(26,27)15-6-8-18-17(10-15)16-7-5-14(9-19(16)28-18)25-11-21-23-24-25/h1-11,22H. The van der Waals surface area contributed by atoms with Crippen molar-refractivity contribution in [1.29, 1.82) is 0 Å². The third kappa shape index (κ3) is 3.20. The zero-order chi connectivity index (χ0) is 20.0. The van der Waals surface area contributed by atoms with Crippen molar-refractivity contribution in [3.05, 3.63) is 72.0 Å². The number of halogens is 1. The molecule has 0 saturated heterocycles. The first-order valence-electron chi connectivity index (χ1n) is 8.48. The number of sulfonamides is 1. The van der Waals surface area contributed by atoms with E-state index in [-0.39, 0.29) is 4.90 Å². The Morgan fingerprint density at radius 2 is 1.76 bits per heavy atom. The molecule has 0 saturated carbocycles. The lowest BCUT2D eigenvalue weighted by Gasteiger charge is -2.08. The molecule has 0 aliphatic rings. The summed E-state index contributed by atoms with van der Waals surface area (Å²) < 4.78 is 35.5. The largest absolute Gasteiger partial charge is 0.456 e. The first-order valence-corrected chi connectivity index (χ1v) is 10.3. The predicted molar refractivity (Wildman–Crippen MR) is 109 cm³/mol. The molecule has 0 spiro atoms. The highest BCUT2D eigenvalue weighted by atomic mass is 35.5. The minimum absolute atomic E-state index is 0.132. The van der Waals surface area contributed by atoms with Gasteiger partial charge >= 0.3 is 0 Å².